The van der Waals surface area contributed by atoms with Crippen molar-refractivity contribution in [3.8, 4) is 11.4 Å². The predicted molar refractivity (Wildman–Crippen MR) is 203 cm³/mol. The van der Waals surface area contributed by atoms with E-state index in [0.717, 1.165) is 41.3 Å². The molecule has 3 N–H and O–H groups in total. The smallest absolute Gasteiger partial charge is 0.407 e. The number of hydrogen-bond acceptors (Lipinski definition) is 11. The fourth-order valence-corrected chi connectivity index (χ4v) is 8.35. The van der Waals surface area contributed by atoms with E-state index < -0.39 is 40.7 Å². The Bertz CT molecular complexity index is 2110. The maximum absolute atomic E-state index is 15.4. The number of aliphatic hydroxyl groups is 1. The van der Waals surface area contributed by atoms with Crippen LogP contribution in [0.3, 0.4) is 0 Å². The molecule has 0 radical (unpaired) electrons. The van der Waals surface area contributed by atoms with Crippen molar-refractivity contribution in [1.29, 1.82) is 0 Å². The van der Waals surface area contributed by atoms with Gasteiger partial charge in [-0.05, 0) is 89.0 Å². The van der Waals surface area contributed by atoms with Crippen LogP contribution in [0.5, 0.6) is 0 Å². The van der Waals surface area contributed by atoms with Crippen LogP contribution in [0.15, 0.2) is 16.9 Å². The minimum absolute atomic E-state index is 0.00652. The number of rotatable bonds is 12. The van der Waals surface area contributed by atoms with E-state index >= 15 is 4.39 Å². The zero-order valence-corrected chi connectivity index (χ0v) is 32.8. The lowest BCUT2D eigenvalue weighted by molar-refractivity contribution is -0.172. The van der Waals surface area contributed by atoms with Gasteiger partial charge in [-0.3, -0.25) is 14.5 Å². The van der Waals surface area contributed by atoms with Crippen LogP contribution in [-0.4, -0.2) is 88.8 Å². The maximum Gasteiger partial charge on any atom is 0.407 e. The maximum atomic E-state index is 15.4. The Balaban J connectivity index is 1.13. The lowest BCUT2D eigenvalue weighted by Gasteiger charge is -2.31. The van der Waals surface area contributed by atoms with Gasteiger partial charge in [-0.1, -0.05) is 6.92 Å². The molecule has 15 heteroatoms. The summed E-state index contributed by atoms with van der Waals surface area (Å²) in [6.07, 6.45) is 3.32. The first-order valence-electron chi connectivity index (χ1n) is 19.7. The van der Waals surface area contributed by atoms with Crippen molar-refractivity contribution in [2.24, 2.45) is 0 Å². The number of benzene rings is 1. The number of aryl methyl sites for hydroxylation is 1. The number of nitrogens with one attached hydrogen (secondary N) is 2. The van der Waals surface area contributed by atoms with Crippen molar-refractivity contribution in [3.63, 3.8) is 0 Å². The summed E-state index contributed by atoms with van der Waals surface area (Å²) in [6.45, 7) is 11.4. The minimum Gasteiger partial charge on any atom is -0.458 e. The number of carbonyl (C=O) groups excluding carboxylic acids is 3. The molecular formula is C41H52FN5O9. The number of carbonyl (C=O) groups is 3. The predicted octanol–water partition coefficient (Wildman–Crippen LogP) is 4.39. The van der Waals surface area contributed by atoms with Crippen LogP contribution in [0.4, 0.5) is 9.18 Å². The highest BCUT2D eigenvalue weighted by Gasteiger charge is 2.46. The number of ether oxygens (including phenoxy) is 4. The Morgan fingerprint density at radius 2 is 1.93 bits per heavy atom. The molecule has 1 aliphatic carbocycles. The summed E-state index contributed by atoms with van der Waals surface area (Å²) in [5, 5.41) is 18.2. The fraction of sp³-hybridized carbons (Fsp3) is 0.585. The van der Waals surface area contributed by atoms with Crippen molar-refractivity contribution in [3.05, 3.63) is 61.7 Å². The van der Waals surface area contributed by atoms with E-state index in [4.69, 9.17) is 23.9 Å². The largest absolute Gasteiger partial charge is 0.458 e. The lowest BCUT2D eigenvalue weighted by Crippen LogP contribution is -2.44. The number of pyridine rings is 2. The van der Waals surface area contributed by atoms with Crippen molar-refractivity contribution >= 4 is 28.9 Å². The number of alkyl carbamates (subject to hydrolysis) is 1. The topological polar surface area (TPSA) is 171 Å². The molecule has 0 bridgehead atoms. The van der Waals surface area contributed by atoms with Crippen LogP contribution in [0, 0.1) is 12.7 Å². The lowest BCUT2D eigenvalue weighted by atomic mass is 9.81. The van der Waals surface area contributed by atoms with Gasteiger partial charge in [0.05, 0.1) is 41.7 Å². The monoisotopic (exact) mass is 777 g/mol. The highest BCUT2D eigenvalue weighted by molar-refractivity contribution is 5.94. The number of fused-ring (bicyclic) bond motifs is 5. The van der Waals surface area contributed by atoms with Crippen LogP contribution in [0.25, 0.3) is 22.3 Å². The Kier molecular flexibility index (Phi) is 11.2. The molecule has 0 spiro atoms. The van der Waals surface area contributed by atoms with Gasteiger partial charge in [0.1, 0.15) is 18.0 Å². The summed E-state index contributed by atoms with van der Waals surface area (Å²) in [6, 6.07) is 2.58. The molecule has 1 aromatic carbocycles. The SMILES string of the molecule is CC[C@@]1(O)C(=O)OCc2c1cc1n(c2=O)Cc2c-1nc1cc(F)c(C)c3c1c2[C@@H](NC(=O)CCN(CCNC(=O)OC(C)(C)C)CCOC1CCCCO1)CC3. The first-order valence-corrected chi connectivity index (χ1v) is 19.7. The number of hydrogen-bond donors (Lipinski definition) is 3. The van der Waals surface area contributed by atoms with Gasteiger partial charge in [-0.25, -0.2) is 19.0 Å². The molecule has 1 saturated heterocycles. The number of nitrogens with zero attached hydrogens (tertiary/aromatic N) is 3. The van der Waals surface area contributed by atoms with Crippen molar-refractivity contribution in [2.45, 2.75) is 116 Å². The van der Waals surface area contributed by atoms with Gasteiger partial charge >= 0.3 is 12.1 Å². The third-order valence-corrected chi connectivity index (χ3v) is 11.3. The average Bonchev–Trinajstić information content (AvgIpc) is 3.53. The third-order valence-electron chi connectivity index (χ3n) is 11.3. The molecule has 14 nitrogen and oxygen atoms in total. The number of esters is 1. The van der Waals surface area contributed by atoms with Crippen molar-refractivity contribution < 1.29 is 42.8 Å². The molecule has 5 heterocycles. The second-order valence-electron chi connectivity index (χ2n) is 16.2. The molecule has 1 fully saturated rings. The second kappa shape index (κ2) is 15.8. The molecule has 3 atom stereocenters. The average molecular weight is 778 g/mol. The first kappa shape index (κ1) is 39.8. The molecule has 3 aromatic rings. The standard InChI is InChI=1S/C41H52FN5O9/c1-6-41(52)27-19-31-36-25(21-47(31)37(49)26(27)22-55-38(41)50)35-29(11-10-24-23(2)28(42)20-30(45-36)34(24)35)44-32(48)12-14-46(15-13-43-39(51)56-40(3,4)5)16-18-54-33-9-7-8-17-53-33/h19-20,29,33,52H,6-18,21-22H2,1-5H3,(H,43,51)(H,44,48)/t29-,33?,41-/m0/s1. The van der Waals surface area contributed by atoms with Crippen LogP contribution >= 0.6 is 0 Å². The van der Waals surface area contributed by atoms with Gasteiger partial charge in [0, 0.05) is 61.8 Å². The summed E-state index contributed by atoms with van der Waals surface area (Å²) >= 11 is 0. The Morgan fingerprint density at radius 3 is 2.66 bits per heavy atom. The molecule has 302 valence electrons. The molecular weight excluding hydrogens is 725 g/mol. The quantitative estimate of drug-likeness (QED) is 0.175. The third kappa shape index (κ3) is 7.78. The van der Waals surface area contributed by atoms with E-state index in [9.17, 15) is 24.3 Å². The number of cyclic esters (lactones) is 1. The van der Waals surface area contributed by atoms with Gasteiger partial charge in [0.2, 0.25) is 5.91 Å². The molecule has 1 unspecified atom stereocenters. The summed E-state index contributed by atoms with van der Waals surface area (Å²) in [5.74, 6) is -1.40. The summed E-state index contributed by atoms with van der Waals surface area (Å²) < 4.78 is 39.2. The number of aromatic nitrogens is 2. The van der Waals surface area contributed by atoms with E-state index in [1.807, 2.05) is 0 Å². The van der Waals surface area contributed by atoms with Crippen molar-refractivity contribution in [2.75, 3.05) is 39.4 Å². The zero-order chi connectivity index (χ0) is 39.9. The molecule has 2 amide bonds. The zero-order valence-electron chi connectivity index (χ0n) is 32.8. The summed E-state index contributed by atoms with van der Waals surface area (Å²) in [5.41, 5.74) is 1.53. The Labute approximate surface area is 325 Å². The summed E-state index contributed by atoms with van der Waals surface area (Å²) in [4.78, 5) is 59.8. The van der Waals surface area contributed by atoms with Crippen LogP contribution in [-0.2, 0) is 53.7 Å². The number of halogens is 1. The van der Waals surface area contributed by atoms with Gasteiger partial charge in [0.15, 0.2) is 11.9 Å². The second-order valence-corrected chi connectivity index (χ2v) is 16.2. The van der Waals surface area contributed by atoms with Crippen LogP contribution < -0.4 is 16.2 Å². The fourth-order valence-electron chi connectivity index (χ4n) is 8.35. The normalized spacial score (nSPS) is 21.3. The van der Waals surface area contributed by atoms with Gasteiger partial charge in [-0.15, -0.1) is 0 Å². The molecule has 56 heavy (non-hydrogen) atoms. The Hall–Kier alpha value is -4.44. The van der Waals surface area contributed by atoms with Crippen molar-refractivity contribution in [1.82, 2.24) is 25.1 Å². The van der Waals surface area contributed by atoms with Gasteiger partial charge < -0.3 is 39.3 Å². The van der Waals surface area contributed by atoms with Gasteiger partial charge in [0.25, 0.3) is 5.56 Å². The van der Waals surface area contributed by atoms with E-state index in [2.05, 4.69) is 15.5 Å². The molecule has 0 saturated carbocycles. The van der Waals surface area contributed by atoms with Crippen LogP contribution in [0.2, 0.25) is 0 Å². The number of amides is 2. The molecule has 7 rings (SSSR count). The molecule has 4 aliphatic rings. The van der Waals surface area contributed by atoms with Crippen LogP contribution in [0.1, 0.15) is 106 Å². The van der Waals surface area contributed by atoms with E-state index in [-0.39, 0.29) is 49.3 Å². The molecule has 2 aromatic heterocycles. The first-order chi connectivity index (χ1) is 26.7. The van der Waals surface area contributed by atoms with E-state index in [0.29, 0.717) is 74.7 Å². The molecule has 3 aliphatic heterocycles. The summed E-state index contributed by atoms with van der Waals surface area (Å²) in [7, 11) is 0. The highest BCUT2D eigenvalue weighted by Crippen LogP contribution is 2.46. The highest BCUT2D eigenvalue weighted by atomic mass is 19.1. The van der Waals surface area contributed by atoms with Gasteiger partial charge in [-0.2, -0.15) is 0 Å². The Morgan fingerprint density at radius 1 is 1.12 bits per heavy atom. The van der Waals surface area contributed by atoms with E-state index in [1.165, 1.54) is 6.07 Å². The minimum atomic E-state index is -1.99. The van der Waals surface area contributed by atoms with E-state index in [1.54, 1.807) is 45.3 Å².